The van der Waals surface area contributed by atoms with E-state index >= 15 is 0 Å². The van der Waals surface area contributed by atoms with Crippen LogP contribution in [-0.4, -0.2) is 29.4 Å². The maximum atomic E-state index is 12.2. The van der Waals surface area contributed by atoms with Gasteiger partial charge in [-0.25, -0.2) is 0 Å². The first kappa shape index (κ1) is 15.0. The zero-order valence-electron chi connectivity index (χ0n) is 11.6. The Bertz CT molecular complexity index is 752. The van der Waals surface area contributed by atoms with Crippen LogP contribution in [0.5, 0.6) is 0 Å². The van der Waals surface area contributed by atoms with Gasteiger partial charge in [0.15, 0.2) is 5.43 Å². The van der Waals surface area contributed by atoms with Crippen molar-refractivity contribution < 1.29 is 4.79 Å². The fraction of sp³-hybridized carbons (Fsp3) is 0.200. The summed E-state index contributed by atoms with van der Waals surface area (Å²) >= 11 is 1.51. The van der Waals surface area contributed by atoms with Gasteiger partial charge in [-0.1, -0.05) is 11.8 Å². The fourth-order valence-corrected chi connectivity index (χ4v) is 2.57. The molecule has 108 valence electrons. The number of thiophene rings is 1. The predicted molar refractivity (Wildman–Crippen MR) is 83.1 cm³/mol. The van der Waals surface area contributed by atoms with Crippen LogP contribution in [0.25, 0.3) is 0 Å². The SMILES string of the molecule is CN(Cc1csc(C#CCN)c1)C(=O)c1c[nH]ccc1=O. The van der Waals surface area contributed by atoms with Crippen LogP contribution in [0.1, 0.15) is 20.8 Å². The number of hydrogen-bond donors (Lipinski definition) is 2. The number of pyridine rings is 1. The van der Waals surface area contributed by atoms with Crippen LogP contribution >= 0.6 is 11.3 Å². The monoisotopic (exact) mass is 301 g/mol. The van der Waals surface area contributed by atoms with Crippen LogP contribution in [0.3, 0.4) is 0 Å². The standard InChI is InChI=1S/C15H15N3O2S/c1-18(15(20)13-8-17-6-4-14(13)19)9-11-7-12(21-10-11)3-2-5-16/h4,6-8,10H,5,9,16H2,1H3,(H,17,19). The van der Waals surface area contributed by atoms with Crippen LogP contribution in [-0.2, 0) is 6.54 Å². The van der Waals surface area contributed by atoms with E-state index in [0.29, 0.717) is 13.1 Å². The van der Waals surface area contributed by atoms with E-state index < -0.39 is 0 Å². The van der Waals surface area contributed by atoms with Crippen LogP contribution in [0.2, 0.25) is 0 Å². The highest BCUT2D eigenvalue weighted by molar-refractivity contribution is 7.10. The van der Waals surface area contributed by atoms with Gasteiger partial charge < -0.3 is 15.6 Å². The molecule has 0 unspecified atom stereocenters. The molecular formula is C15H15N3O2S. The summed E-state index contributed by atoms with van der Waals surface area (Å²) in [4.78, 5) is 29.0. The van der Waals surface area contributed by atoms with Crippen molar-refractivity contribution in [1.29, 1.82) is 0 Å². The number of nitrogens with one attached hydrogen (secondary N) is 1. The third-order valence-electron chi connectivity index (χ3n) is 2.79. The summed E-state index contributed by atoms with van der Waals surface area (Å²) < 4.78 is 0. The Morgan fingerprint density at radius 1 is 1.52 bits per heavy atom. The minimum absolute atomic E-state index is 0.137. The third kappa shape index (κ3) is 3.81. The Labute approximate surface area is 126 Å². The lowest BCUT2D eigenvalue weighted by Gasteiger charge is -2.15. The highest BCUT2D eigenvalue weighted by Crippen LogP contribution is 2.15. The minimum atomic E-state index is -0.308. The van der Waals surface area contributed by atoms with E-state index in [2.05, 4.69) is 16.8 Å². The Morgan fingerprint density at radius 2 is 2.33 bits per heavy atom. The maximum Gasteiger partial charge on any atom is 0.259 e. The molecule has 0 bridgehead atoms. The van der Waals surface area contributed by atoms with E-state index in [9.17, 15) is 9.59 Å². The molecule has 0 radical (unpaired) electrons. The zero-order valence-corrected chi connectivity index (χ0v) is 12.4. The number of carbonyl (C=O) groups is 1. The van der Waals surface area contributed by atoms with E-state index in [1.54, 1.807) is 7.05 Å². The van der Waals surface area contributed by atoms with Crippen molar-refractivity contribution in [1.82, 2.24) is 9.88 Å². The van der Waals surface area contributed by atoms with E-state index in [1.165, 1.54) is 34.7 Å². The van der Waals surface area contributed by atoms with Gasteiger partial charge in [-0.15, -0.1) is 11.3 Å². The third-order valence-corrected chi connectivity index (χ3v) is 3.68. The van der Waals surface area contributed by atoms with Crippen LogP contribution in [0, 0.1) is 11.8 Å². The first-order valence-electron chi connectivity index (χ1n) is 6.30. The molecule has 3 N–H and O–H groups in total. The molecule has 0 spiro atoms. The molecule has 0 aromatic carbocycles. The number of nitrogens with two attached hydrogens (primary N) is 1. The number of hydrogen-bond acceptors (Lipinski definition) is 4. The van der Waals surface area contributed by atoms with Gasteiger partial charge in [0.2, 0.25) is 0 Å². The van der Waals surface area contributed by atoms with Crippen molar-refractivity contribution >= 4 is 17.2 Å². The molecule has 2 rings (SSSR count). The number of amides is 1. The smallest absolute Gasteiger partial charge is 0.259 e. The first-order chi connectivity index (χ1) is 10.1. The lowest BCUT2D eigenvalue weighted by Crippen LogP contribution is -2.30. The molecule has 0 aliphatic carbocycles. The van der Waals surface area contributed by atoms with E-state index in [-0.39, 0.29) is 16.9 Å². The number of rotatable bonds is 3. The number of aromatic nitrogens is 1. The molecule has 2 aromatic heterocycles. The normalized spacial score (nSPS) is 9.81. The second-order valence-electron chi connectivity index (χ2n) is 4.41. The van der Waals surface area contributed by atoms with Gasteiger partial charge in [-0.05, 0) is 17.0 Å². The molecule has 21 heavy (non-hydrogen) atoms. The van der Waals surface area contributed by atoms with Gasteiger partial charge in [0, 0.05) is 32.1 Å². The van der Waals surface area contributed by atoms with Crippen LogP contribution in [0.15, 0.2) is 34.7 Å². The molecule has 2 heterocycles. The molecule has 1 amide bonds. The molecule has 6 heteroatoms. The van der Waals surface area contributed by atoms with Crippen LogP contribution in [0.4, 0.5) is 0 Å². The van der Waals surface area contributed by atoms with Crippen molar-refractivity contribution in [3.8, 4) is 11.8 Å². The van der Waals surface area contributed by atoms with E-state index in [1.807, 2.05) is 11.4 Å². The average Bonchev–Trinajstić information content (AvgIpc) is 2.92. The fourth-order valence-electron chi connectivity index (χ4n) is 1.80. The van der Waals surface area contributed by atoms with Crippen LogP contribution < -0.4 is 11.2 Å². The lowest BCUT2D eigenvalue weighted by molar-refractivity contribution is 0.0783. The molecule has 2 aromatic rings. The zero-order chi connectivity index (χ0) is 15.2. The molecular weight excluding hydrogens is 286 g/mol. The van der Waals surface area contributed by atoms with E-state index in [0.717, 1.165) is 10.4 Å². The topological polar surface area (TPSA) is 79.2 Å². The summed E-state index contributed by atoms with van der Waals surface area (Å²) in [6.07, 6.45) is 2.92. The van der Waals surface area contributed by atoms with Gasteiger partial charge in [0.25, 0.3) is 5.91 Å². The highest BCUT2D eigenvalue weighted by atomic mass is 32.1. The van der Waals surface area contributed by atoms with Crippen molar-refractivity contribution in [2.45, 2.75) is 6.54 Å². The van der Waals surface area contributed by atoms with Crippen molar-refractivity contribution in [3.63, 3.8) is 0 Å². The average molecular weight is 301 g/mol. The maximum absolute atomic E-state index is 12.2. The molecule has 0 saturated heterocycles. The molecule has 0 atom stereocenters. The van der Waals surface area contributed by atoms with Gasteiger partial charge in [0.1, 0.15) is 5.56 Å². The van der Waals surface area contributed by atoms with Gasteiger partial charge in [-0.3, -0.25) is 9.59 Å². The summed E-state index contributed by atoms with van der Waals surface area (Å²) in [6, 6.07) is 3.26. The van der Waals surface area contributed by atoms with Crippen molar-refractivity contribution in [2.24, 2.45) is 5.73 Å². The first-order valence-corrected chi connectivity index (χ1v) is 7.18. The Hall–Kier alpha value is -2.36. The second-order valence-corrected chi connectivity index (χ2v) is 5.32. The quantitative estimate of drug-likeness (QED) is 0.831. The summed E-state index contributed by atoms with van der Waals surface area (Å²) in [5.41, 5.74) is 6.15. The number of carbonyl (C=O) groups excluding carboxylic acids is 1. The molecule has 0 aliphatic heterocycles. The Kier molecular flexibility index (Phi) is 4.93. The molecule has 0 aliphatic rings. The minimum Gasteiger partial charge on any atom is -0.367 e. The number of aromatic amines is 1. The lowest BCUT2D eigenvalue weighted by atomic mass is 10.2. The Balaban J connectivity index is 2.09. The van der Waals surface area contributed by atoms with Crippen molar-refractivity contribution in [2.75, 3.05) is 13.6 Å². The number of H-pyrrole nitrogens is 1. The Morgan fingerprint density at radius 3 is 3.05 bits per heavy atom. The largest absolute Gasteiger partial charge is 0.367 e. The summed E-state index contributed by atoms with van der Waals surface area (Å²) in [7, 11) is 1.66. The summed E-state index contributed by atoms with van der Waals surface area (Å²) in [5.74, 6) is 5.43. The summed E-state index contributed by atoms with van der Waals surface area (Å²) in [6.45, 7) is 0.746. The number of nitrogens with zero attached hydrogens (tertiary/aromatic N) is 1. The second kappa shape index (κ2) is 6.88. The molecule has 0 fully saturated rings. The van der Waals surface area contributed by atoms with Gasteiger partial charge in [0.05, 0.1) is 11.4 Å². The van der Waals surface area contributed by atoms with Gasteiger partial charge >= 0.3 is 0 Å². The van der Waals surface area contributed by atoms with E-state index in [4.69, 9.17) is 5.73 Å². The van der Waals surface area contributed by atoms with Crippen molar-refractivity contribution in [3.05, 3.63) is 56.1 Å². The van der Waals surface area contributed by atoms with Gasteiger partial charge in [-0.2, -0.15) is 0 Å². The molecule has 5 nitrogen and oxygen atoms in total. The molecule has 0 saturated carbocycles. The highest BCUT2D eigenvalue weighted by Gasteiger charge is 2.15. The summed E-state index contributed by atoms with van der Waals surface area (Å²) in [5, 5.41) is 1.94. The predicted octanol–water partition coefficient (Wildman–Crippen LogP) is 1.02.